The third-order valence-corrected chi connectivity index (χ3v) is 4.09. The van der Waals surface area contributed by atoms with Crippen LogP contribution in [0, 0.1) is 0 Å². The van der Waals surface area contributed by atoms with Crippen molar-refractivity contribution in [1.82, 2.24) is 9.97 Å². The molecule has 1 aromatic carbocycles. The molecule has 1 aromatic heterocycles. The zero-order valence-corrected chi connectivity index (χ0v) is 14.5. The number of alkyl halides is 3. The number of methoxy groups -OCH3 is 1. The van der Waals surface area contributed by atoms with Crippen LogP contribution in [-0.4, -0.2) is 23.1 Å². The van der Waals surface area contributed by atoms with E-state index in [0.717, 1.165) is 31.7 Å². The average Bonchev–Trinajstić information content (AvgIpc) is 3.06. The van der Waals surface area contributed by atoms with Crippen LogP contribution in [0.1, 0.15) is 31.4 Å². The van der Waals surface area contributed by atoms with Crippen LogP contribution in [0.15, 0.2) is 30.3 Å². The molecule has 0 unspecified atom stereocenters. The van der Waals surface area contributed by atoms with Gasteiger partial charge in [-0.05, 0) is 31.0 Å². The molecule has 2 aromatic rings. The third-order valence-electron chi connectivity index (χ3n) is 4.09. The van der Waals surface area contributed by atoms with Gasteiger partial charge < -0.3 is 10.1 Å². The van der Waals surface area contributed by atoms with Crippen LogP contribution in [0.4, 0.5) is 19.1 Å². The average molecular weight is 374 g/mol. The lowest BCUT2D eigenvalue weighted by Crippen LogP contribution is -2.19. The van der Waals surface area contributed by atoms with E-state index in [1.807, 2.05) is 0 Å². The normalized spacial score (nSPS) is 14.9. The summed E-state index contributed by atoms with van der Waals surface area (Å²) in [5.41, 5.74) is -0.267. The molecule has 3 rings (SSSR count). The Balaban J connectivity index is 0.00000225. The molecule has 8 heteroatoms. The van der Waals surface area contributed by atoms with Gasteiger partial charge in [0.2, 0.25) is 5.95 Å². The Morgan fingerprint density at radius 1 is 1.12 bits per heavy atom. The van der Waals surface area contributed by atoms with Crippen LogP contribution < -0.4 is 10.1 Å². The van der Waals surface area contributed by atoms with E-state index in [9.17, 15) is 13.2 Å². The summed E-state index contributed by atoms with van der Waals surface area (Å²) in [6.45, 7) is 0. The molecule has 1 saturated carbocycles. The standard InChI is InChI=1S/C17H18F3N3O.ClH/c1-24-14-9-5-4-8-12(14)13-10-15(17(18,19)20)23-16(22-13)21-11-6-2-3-7-11;/h4-5,8-11H,2-3,6-7H2,1H3,(H,21,22,23);1H. The Bertz CT molecular complexity index is 719. The van der Waals surface area contributed by atoms with Gasteiger partial charge in [0.15, 0.2) is 5.69 Å². The fourth-order valence-corrected chi connectivity index (χ4v) is 2.90. The number of hydrogen-bond donors (Lipinski definition) is 1. The first-order chi connectivity index (χ1) is 11.5. The van der Waals surface area contributed by atoms with Crippen LogP contribution in [0.5, 0.6) is 5.75 Å². The summed E-state index contributed by atoms with van der Waals surface area (Å²) in [7, 11) is 1.47. The van der Waals surface area contributed by atoms with Crippen LogP contribution in [-0.2, 0) is 6.18 Å². The molecule has 1 N–H and O–H groups in total. The van der Waals surface area contributed by atoms with E-state index >= 15 is 0 Å². The zero-order chi connectivity index (χ0) is 17.2. The van der Waals surface area contributed by atoms with E-state index in [0.29, 0.717) is 11.3 Å². The van der Waals surface area contributed by atoms with Gasteiger partial charge in [0, 0.05) is 11.6 Å². The van der Waals surface area contributed by atoms with Gasteiger partial charge in [-0.15, -0.1) is 12.4 Å². The van der Waals surface area contributed by atoms with E-state index in [2.05, 4.69) is 15.3 Å². The molecule has 0 aliphatic heterocycles. The number of aromatic nitrogens is 2. The highest BCUT2D eigenvalue weighted by molar-refractivity contribution is 5.85. The molecule has 0 amide bonds. The molecule has 4 nitrogen and oxygen atoms in total. The van der Waals surface area contributed by atoms with Crippen molar-refractivity contribution < 1.29 is 17.9 Å². The molecule has 0 bridgehead atoms. The van der Waals surface area contributed by atoms with E-state index < -0.39 is 11.9 Å². The van der Waals surface area contributed by atoms with Crippen molar-refractivity contribution in [3.05, 3.63) is 36.0 Å². The van der Waals surface area contributed by atoms with Crippen molar-refractivity contribution in [3.63, 3.8) is 0 Å². The van der Waals surface area contributed by atoms with Crippen molar-refractivity contribution in [1.29, 1.82) is 0 Å². The Morgan fingerprint density at radius 3 is 2.44 bits per heavy atom. The van der Waals surface area contributed by atoms with Gasteiger partial charge in [0.05, 0.1) is 12.8 Å². The summed E-state index contributed by atoms with van der Waals surface area (Å²) in [6, 6.07) is 7.94. The zero-order valence-electron chi connectivity index (χ0n) is 13.6. The monoisotopic (exact) mass is 373 g/mol. The lowest BCUT2D eigenvalue weighted by Gasteiger charge is -2.16. The first-order valence-electron chi connectivity index (χ1n) is 7.83. The number of ether oxygens (including phenoxy) is 1. The smallest absolute Gasteiger partial charge is 0.433 e. The van der Waals surface area contributed by atoms with Gasteiger partial charge in [-0.2, -0.15) is 13.2 Å². The fourth-order valence-electron chi connectivity index (χ4n) is 2.90. The number of halogens is 4. The van der Waals surface area contributed by atoms with Crippen LogP contribution in [0.25, 0.3) is 11.3 Å². The Morgan fingerprint density at radius 2 is 1.80 bits per heavy atom. The second-order valence-electron chi connectivity index (χ2n) is 5.79. The number of anilines is 1. The number of nitrogens with one attached hydrogen (secondary N) is 1. The molecule has 0 spiro atoms. The van der Waals surface area contributed by atoms with Crippen molar-refractivity contribution in [3.8, 4) is 17.0 Å². The minimum absolute atomic E-state index is 0. The van der Waals surface area contributed by atoms with Gasteiger partial charge in [-0.3, -0.25) is 0 Å². The maximum absolute atomic E-state index is 13.2. The summed E-state index contributed by atoms with van der Waals surface area (Å²) >= 11 is 0. The second-order valence-corrected chi connectivity index (χ2v) is 5.79. The molecule has 1 aliphatic rings. The van der Waals surface area contributed by atoms with Crippen molar-refractivity contribution >= 4 is 18.4 Å². The topological polar surface area (TPSA) is 47.0 Å². The summed E-state index contributed by atoms with van der Waals surface area (Å²) < 4.78 is 44.9. The van der Waals surface area contributed by atoms with Gasteiger partial charge >= 0.3 is 6.18 Å². The molecule has 1 aliphatic carbocycles. The van der Waals surface area contributed by atoms with Gasteiger partial charge in [0.1, 0.15) is 5.75 Å². The molecule has 0 atom stereocenters. The predicted molar refractivity (Wildman–Crippen MR) is 92.1 cm³/mol. The molecular weight excluding hydrogens is 355 g/mol. The molecular formula is C17H19ClF3N3O. The van der Waals surface area contributed by atoms with E-state index in [1.165, 1.54) is 7.11 Å². The number of para-hydroxylation sites is 1. The molecule has 136 valence electrons. The first kappa shape index (κ1) is 19.3. The van der Waals surface area contributed by atoms with Crippen molar-refractivity contribution in [2.24, 2.45) is 0 Å². The number of hydrogen-bond acceptors (Lipinski definition) is 4. The maximum atomic E-state index is 13.2. The minimum Gasteiger partial charge on any atom is -0.496 e. The first-order valence-corrected chi connectivity index (χ1v) is 7.83. The molecule has 1 fully saturated rings. The second kappa shape index (κ2) is 7.91. The summed E-state index contributed by atoms with van der Waals surface area (Å²) in [6.07, 6.45) is -0.564. The highest BCUT2D eigenvalue weighted by Crippen LogP contribution is 2.34. The molecule has 1 heterocycles. The van der Waals surface area contributed by atoms with Gasteiger partial charge in [-0.25, -0.2) is 9.97 Å². The number of nitrogens with zero attached hydrogens (tertiary/aromatic N) is 2. The van der Waals surface area contributed by atoms with E-state index in [4.69, 9.17) is 4.74 Å². The van der Waals surface area contributed by atoms with E-state index in [-0.39, 0.29) is 30.1 Å². The van der Waals surface area contributed by atoms with Crippen molar-refractivity contribution in [2.75, 3.05) is 12.4 Å². The highest BCUT2D eigenvalue weighted by atomic mass is 35.5. The lowest BCUT2D eigenvalue weighted by atomic mass is 10.1. The molecule has 25 heavy (non-hydrogen) atoms. The number of benzene rings is 1. The molecule has 0 saturated heterocycles. The van der Waals surface area contributed by atoms with E-state index in [1.54, 1.807) is 24.3 Å². The number of rotatable bonds is 4. The predicted octanol–water partition coefficient (Wildman–Crippen LogP) is 4.95. The fraction of sp³-hybridized carbons (Fsp3) is 0.412. The van der Waals surface area contributed by atoms with Crippen LogP contribution >= 0.6 is 12.4 Å². The van der Waals surface area contributed by atoms with Crippen LogP contribution in [0.2, 0.25) is 0 Å². The van der Waals surface area contributed by atoms with Gasteiger partial charge in [-0.1, -0.05) is 25.0 Å². The largest absolute Gasteiger partial charge is 0.496 e. The lowest BCUT2D eigenvalue weighted by molar-refractivity contribution is -0.141. The Hall–Kier alpha value is -2.02. The Kier molecular flexibility index (Phi) is 6.11. The maximum Gasteiger partial charge on any atom is 0.433 e. The SMILES string of the molecule is COc1ccccc1-c1cc(C(F)(F)F)nc(NC2CCCC2)n1.Cl. The third kappa shape index (κ3) is 4.54. The summed E-state index contributed by atoms with van der Waals surface area (Å²) in [4.78, 5) is 7.95. The minimum atomic E-state index is -4.54. The quantitative estimate of drug-likeness (QED) is 0.824. The molecule has 0 radical (unpaired) electrons. The van der Waals surface area contributed by atoms with Gasteiger partial charge in [0.25, 0.3) is 0 Å². The van der Waals surface area contributed by atoms with Crippen molar-refractivity contribution in [2.45, 2.75) is 37.9 Å². The summed E-state index contributed by atoms with van der Waals surface area (Å²) in [5.74, 6) is 0.480. The highest BCUT2D eigenvalue weighted by Gasteiger charge is 2.34. The summed E-state index contributed by atoms with van der Waals surface area (Å²) in [5, 5.41) is 3.04. The Labute approximate surface area is 150 Å². The van der Waals surface area contributed by atoms with Crippen LogP contribution in [0.3, 0.4) is 0 Å².